The van der Waals surface area contributed by atoms with Gasteiger partial charge in [-0.25, -0.2) is 4.98 Å². The van der Waals surface area contributed by atoms with Crippen LogP contribution in [0.15, 0.2) is 18.2 Å². The molecule has 1 unspecified atom stereocenters. The van der Waals surface area contributed by atoms with Crippen LogP contribution in [0.25, 0.3) is 0 Å². The van der Waals surface area contributed by atoms with E-state index in [2.05, 4.69) is 9.88 Å². The first-order valence-corrected chi connectivity index (χ1v) is 5.77. The Morgan fingerprint density at radius 1 is 1.62 bits per heavy atom. The van der Waals surface area contributed by atoms with Gasteiger partial charge in [0, 0.05) is 6.54 Å². The van der Waals surface area contributed by atoms with E-state index in [1.54, 1.807) is 6.07 Å². The molecular weight excluding hydrogens is 222 g/mol. The summed E-state index contributed by atoms with van der Waals surface area (Å²) in [7, 11) is 0. The summed E-state index contributed by atoms with van der Waals surface area (Å²) < 4.78 is 0. The van der Waals surface area contributed by atoms with Crippen LogP contribution in [0, 0.1) is 0 Å². The van der Waals surface area contributed by atoms with Crippen molar-refractivity contribution >= 4 is 23.0 Å². The normalized spacial score (nSPS) is 20.1. The number of hydrogen-bond acceptors (Lipinski definition) is 4. The summed E-state index contributed by atoms with van der Waals surface area (Å²) >= 11 is 4.90. The molecule has 2 rings (SSSR count). The predicted octanol–water partition coefficient (Wildman–Crippen LogP) is 0.677. The Morgan fingerprint density at radius 3 is 3.12 bits per heavy atom. The third kappa shape index (κ3) is 2.15. The van der Waals surface area contributed by atoms with Crippen LogP contribution < -0.4 is 10.6 Å². The van der Waals surface area contributed by atoms with Gasteiger partial charge < -0.3 is 15.7 Å². The average Bonchev–Trinajstić information content (AvgIpc) is 2.77. The van der Waals surface area contributed by atoms with Gasteiger partial charge in [-0.2, -0.15) is 0 Å². The van der Waals surface area contributed by atoms with Crippen LogP contribution in [0.3, 0.4) is 0 Å². The molecule has 16 heavy (non-hydrogen) atoms. The molecule has 1 aromatic heterocycles. The van der Waals surface area contributed by atoms with Crippen molar-refractivity contribution in [2.24, 2.45) is 5.73 Å². The Labute approximate surface area is 100 Å². The first-order valence-electron chi connectivity index (χ1n) is 5.36. The monoisotopic (exact) mass is 237 g/mol. The molecule has 0 saturated carbocycles. The Bertz CT molecular complexity index is 397. The van der Waals surface area contributed by atoms with Crippen molar-refractivity contribution in [2.45, 2.75) is 18.9 Å². The van der Waals surface area contributed by atoms with Gasteiger partial charge in [-0.1, -0.05) is 18.3 Å². The summed E-state index contributed by atoms with van der Waals surface area (Å²) in [5, 5.41) is 9.26. The van der Waals surface area contributed by atoms with E-state index in [4.69, 9.17) is 18.0 Å². The molecule has 0 bridgehead atoms. The number of hydrogen-bond donors (Lipinski definition) is 2. The maximum Gasteiger partial charge on any atom is 0.129 e. The van der Waals surface area contributed by atoms with Crippen molar-refractivity contribution in [3.63, 3.8) is 0 Å². The lowest BCUT2D eigenvalue weighted by molar-refractivity contribution is 0.266. The molecule has 0 spiro atoms. The number of aliphatic hydroxyl groups excluding tert-OH is 1. The zero-order chi connectivity index (χ0) is 11.5. The molecular formula is C11H15N3OS. The SMILES string of the molecule is NC(=S)c1cccc(N2CCCC2CO)n1. The number of aliphatic hydroxyl groups is 1. The molecule has 4 nitrogen and oxygen atoms in total. The van der Waals surface area contributed by atoms with Crippen molar-refractivity contribution in [3.8, 4) is 0 Å². The van der Waals surface area contributed by atoms with Crippen molar-refractivity contribution < 1.29 is 5.11 Å². The van der Waals surface area contributed by atoms with Crippen molar-refractivity contribution in [3.05, 3.63) is 23.9 Å². The maximum atomic E-state index is 9.26. The van der Waals surface area contributed by atoms with Crippen LogP contribution in [0.1, 0.15) is 18.5 Å². The highest BCUT2D eigenvalue weighted by molar-refractivity contribution is 7.80. The summed E-state index contributed by atoms with van der Waals surface area (Å²) in [5.74, 6) is 0.849. The molecule has 1 saturated heterocycles. The number of nitrogens with zero attached hydrogens (tertiary/aromatic N) is 2. The van der Waals surface area contributed by atoms with Gasteiger partial charge in [0.05, 0.1) is 18.3 Å². The molecule has 0 amide bonds. The highest BCUT2D eigenvalue weighted by atomic mass is 32.1. The van der Waals surface area contributed by atoms with Crippen molar-refractivity contribution in [1.29, 1.82) is 0 Å². The number of thiocarbonyl (C=S) groups is 1. The van der Waals surface area contributed by atoms with Gasteiger partial charge in [0.2, 0.25) is 0 Å². The van der Waals surface area contributed by atoms with Crippen LogP contribution in [-0.4, -0.2) is 34.3 Å². The van der Waals surface area contributed by atoms with Crippen LogP contribution in [0.2, 0.25) is 0 Å². The smallest absolute Gasteiger partial charge is 0.129 e. The van der Waals surface area contributed by atoms with E-state index in [1.807, 2.05) is 12.1 Å². The molecule has 0 aliphatic carbocycles. The molecule has 1 aliphatic heterocycles. The van der Waals surface area contributed by atoms with Gasteiger partial charge in [-0.05, 0) is 25.0 Å². The minimum absolute atomic E-state index is 0.166. The fraction of sp³-hybridized carbons (Fsp3) is 0.455. The molecule has 0 radical (unpaired) electrons. The largest absolute Gasteiger partial charge is 0.394 e. The second-order valence-corrected chi connectivity index (χ2v) is 4.36. The third-order valence-electron chi connectivity index (χ3n) is 2.87. The van der Waals surface area contributed by atoms with E-state index in [0.29, 0.717) is 10.7 Å². The van der Waals surface area contributed by atoms with Gasteiger partial charge in [-0.3, -0.25) is 0 Å². The highest BCUT2D eigenvalue weighted by Crippen LogP contribution is 2.23. The van der Waals surface area contributed by atoms with Gasteiger partial charge in [0.1, 0.15) is 10.8 Å². The Kier molecular flexibility index (Phi) is 3.36. The number of pyridine rings is 1. The summed E-state index contributed by atoms with van der Waals surface area (Å²) in [6, 6.07) is 5.80. The van der Waals surface area contributed by atoms with E-state index in [1.165, 1.54) is 0 Å². The number of anilines is 1. The van der Waals surface area contributed by atoms with Crippen molar-refractivity contribution in [1.82, 2.24) is 4.98 Å². The summed E-state index contributed by atoms with van der Waals surface area (Å²) in [4.78, 5) is 6.82. The summed E-state index contributed by atoms with van der Waals surface area (Å²) in [6.45, 7) is 1.10. The van der Waals surface area contributed by atoms with Gasteiger partial charge >= 0.3 is 0 Å². The lowest BCUT2D eigenvalue weighted by atomic mass is 10.2. The topological polar surface area (TPSA) is 62.4 Å². The molecule has 5 heteroatoms. The predicted molar refractivity (Wildman–Crippen MR) is 67.6 cm³/mol. The fourth-order valence-electron chi connectivity index (χ4n) is 2.05. The lowest BCUT2D eigenvalue weighted by Gasteiger charge is -2.24. The Hall–Kier alpha value is -1.20. The second kappa shape index (κ2) is 4.76. The van der Waals surface area contributed by atoms with E-state index in [-0.39, 0.29) is 12.6 Å². The van der Waals surface area contributed by atoms with Crippen molar-refractivity contribution in [2.75, 3.05) is 18.1 Å². The number of nitrogens with two attached hydrogens (primary N) is 1. The zero-order valence-corrected chi connectivity index (χ0v) is 9.78. The minimum Gasteiger partial charge on any atom is -0.394 e. The molecule has 0 aromatic carbocycles. The molecule has 1 fully saturated rings. The molecule has 3 N–H and O–H groups in total. The summed E-state index contributed by atoms with van der Waals surface area (Å²) in [5.41, 5.74) is 6.18. The van der Waals surface area contributed by atoms with E-state index >= 15 is 0 Å². The van der Waals surface area contributed by atoms with Crippen LogP contribution >= 0.6 is 12.2 Å². The second-order valence-electron chi connectivity index (χ2n) is 3.92. The quantitative estimate of drug-likeness (QED) is 0.757. The molecule has 1 aromatic rings. The molecule has 2 heterocycles. The highest BCUT2D eigenvalue weighted by Gasteiger charge is 2.24. The minimum atomic E-state index is 0.166. The first kappa shape index (κ1) is 11.3. The number of rotatable bonds is 3. The fourth-order valence-corrected chi connectivity index (χ4v) is 2.16. The Morgan fingerprint density at radius 2 is 2.44 bits per heavy atom. The Balaban J connectivity index is 2.26. The van der Waals surface area contributed by atoms with Gasteiger partial charge in [-0.15, -0.1) is 0 Å². The zero-order valence-electron chi connectivity index (χ0n) is 8.97. The van der Waals surface area contributed by atoms with E-state index in [9.17, 15) is 5.11 Å². The average molecular weight is 237 g/mol. The molecule has 1 aliphatic rings. The number of aromatic nitrogens is 1. The first-order chi connectivity index (χ1) is 7.72. The van der Waals surface area contributed by atoms with Gasteiger partial charge in [0.25, 0.3) is 0 Å². The van der Waals surface area contributed by atoms with Gasteiger partial charge in [0.15, 0.2) is 0 Å². The standard InChI is InChI=1S/C11H15N3OS/c12-11(16)9-4-1-5-10(13-9)14-6-2-3-8(14)7-15/h1,4-5,8,15H,2-3,6-7H2,(H2,12,16). The third-order valence-corrected chi connectivity index (χ3v) is 3.08. The molecule has 1 atom stereocenters. The van der Waals surface area contributed by atoms with E-state index < -0.39 is 0 Å². The lowest BCUT2D eigenvalue weighted by Crippen LogP contribution is -2.33. The molecule has 86 valence electrons. The van der Waals surface area contributed by atoms with E-state index in [0.717, 1.165) is 25.2 Å². The van der Waals surface area contributed by atoms with Crippen LogP contribution in [-0.2, 0) is 0 Å². The van der Waals surface area contributed by atoms with Crippen LogP contribution in [0.5, 0.6) is 0 Å². The van der Waals surface area contributed by atoms with Crippen LogP contribution in [0.4, 0.5) is 5.82 Å². The summed E-state index contributed by atoms with van der Waals surface area (Å²) in [6.07, 6.45) is 2.10. The maximum absolute atomic E-state index is 9.26.